The molecule has 5 amide bonds. The van der Waals surface area contributed by atoms with Crippen molar-refractivity contribution < 1.29 is 33.8 Å². The number of hydrogen-bond donors (Lipinski definition) is 5. The van der Waals surface area contributed by atoms with Gasteiger partial charge in [-0.05, 0) is 71.0 Å². The van der Waals surface area contributed by atoms with Crippen molar-refractivity contribution in [3.8, 4) is 17.0 Å². The van der Waals surface area contributed by atoms with Gasteiger partial charge >= 0.3 is 12.1 Å². The molecule has 1 aromatic heterocycles. The van der Waals surface area contributed by atoms with E-state index in [1.165, 1.54) is 7.11 Å². The summed E-state index contributed by atoms with van der Waals surface area (Å²) in [6.45, 7) is 10.5. The molecule has 0 radical (unpaired) electrons. The maximum atomic E-state index is 14.8. The third-order valence-corrected chi connectivity index (χ3v) is 11.1. The molecular formula is C48H62N6O7. The SMILES string of the molecule is COC(=O)NCC(C)(C)CC(=O)NC(Cc1ccc(-c2ccccn2)cc1)CC(O)C(Cc1ccccc1)NC(=O)C(C1CNC(=O)N1Cc1cccc(OC)c1)C(C)(C)C. The first kappa shape index (κ1) is 46.1. The van der Waals surface area contributed by atoms with Crippen LogP contribution >= 0.6 is 0 Å². The minimum Gasteiger partial charge on any atom is -0.497 e. The molecule has 1 saturated heterocycles. The van der Waals surface area contributed by atoms with Crippen LogP contribution in [0, 0.1) is 16.7 Å². The van der Waals surface area contributed by atoms with Crippen LogP contribution in [0.3, 0.4) is 0 Å². The quantitative estimate of drug-likeness (QED) is 0.0734. The first-order valence-corrected chi connectivity index (χ1v) is 20.9. The molecule has 0 spiro atoms. The zero-order valence-electron chi connectivity index (χ0n) is 36.4. The maximum absolute atomic E-state index is 14.8. The summed E-state index contributed by atoms with van der Waals surface area (Å²) in [6, 6.07) is 28.9. The van der Waals surface area contributed by atoms with Crippen LogP contribution in [0.25, 0.3) is 11.3 Å². The first-order chi connectivity index (χ1) is 29.0. The fourth-order valence-corrected chi connectivity index (χ4v) is 8.02. The summed E-state index contributed by atoms with van der Waals surface area (Å²) in [5, 5.41) is 24.3. The number of urea groups is 1. The lowest BCUT2D eigenvalue weighted by molar-refractivity contribution is -0.132. The normalized spacial score (nSPS) is 16.1. The molecule has 5 rings (SSSR count). The maximum Gasteiger partial charge on any atom is 0.406 e. The Kier molecular flexibility index (Phi) is 15.9. The van der Waals surface area contributed by atoms with Crippen molar-refractivity contribution in [2.45, 2.75) is 91.1 Å². The number of carbonyl (C=O) groups is 4. The second-order valence-electron chi connectivity index (χ2n) is 17.8. The van der Waals surface area contributed by atoms with Crippen molar-refractivity contribution in [3.63, 3.8) is 0 Å². The summed E-state index contributed by atoms with van der Waals surface area (Å²) in [4.78, 5) is 59.8. The number of aliphatic hydroxyl groups is 1. The molecule has 5 atom stereocenters. The van der Waals surface area contributed by atoms with Gasteiger partial charge in [-0.15, -0.1) is 0 Å². The molecule has 13 nitrogen and oxygen atoms in total. The highest BCUT2D eigenvalue weighted by molar-refractivity contribution is 5.84. The number of aliphatic hydroxyl groups excluding tert-OH is 1. The molecule has 61 heavy (non-hydrogen) atoms. The summed E-state index contributed by atoms with van der Waals surface area (Å²) in [6.07, 6.45) is 1.02. The third kappa shape index (κ3) is 13.5. The van der Waals surface area contributed by atoms with E-state index in [0.717, 1.165) is 27.9 Å². The predicted molar refractivity (Wildman–Crippen MR) is 235 cm³/mol. The number of hydrogen-bond acceptors (Lipinski definition) is 8. The first-order valence-electron chi connectivity index (χ1n) is 20.9. The lowest BCUT2D eigenvalue weighted by atomic mass is 9.75. The van der Waals surface area contributed by atoms with Crippen molar-refractivity contribution in [2.24, 2.45) is 16.7 Å². The summed E-state index contributed by atoms with van der Waals surface area (Å²) >= 11 is 0. The number of nitrogens with zero attached hydrogens (tertiary/aromatic N) is 2. The highest BCUT2D eigenvalue weighted by atomic mass is 16.5. The number of ether oxygens (including phenoxy) is 2. The summed E-state index contributed by atoms with van der Waals surface area (Å²) in [5.41, 5.74) is 3.33. The third-order valence-electron chi connectivity index (χ3n) is 11.1. The van der Waals surface area contributed by atoms with Gasteiger partial charge in [0.2, 0.25) is 11.8 Å². The molecule has 0 bridgehead atoms. The van der Waals surface area contributed by atoms with Crippen LogP contribution in [-0.2, 0) is 33.7 Å². The van der Waals surface area contributed by atoms with E-state index in [0.29, 0.717) is 18.6 Å². The van der Waals surface area contributed by atoms with E-state index >= 15 is 0 Å². The summed E-state index contributed by atoms with van der Waals surface area (Å²) in [7, 11) is 2.88. The molecule has 5 unspecified atom stereocenters. The van der Waals surface area contributed by atoms with Gasteiger partial charge < -0.3 is 40.7 Å². The number of carbonyl (C=O) groups excluding carboxylic acids is 4. The van der Waals surface area contributed by atoms with Crippen LogP contribution in [0.4, 0.5) is 9.59 Å². The van der Waals surface area contributed by atoms with Gasteiger partial charge in [0.25, 0.3) is 0 Å². The van der Waals surface area contributed by atoms with Crippen molar-refractivity contribution in [1.29, 1.82) is 0 Å². The summed E-state index contributed by atoms with van der Waals surface area (Å²) < 4.78 is 10.1. The number of aromatic nitrogens is 1. The monoisotopic (exact) mass is 834 g/mol. The van der Waals surface area contributed by atoms with Gasteiger partial charge in [-0.2, -0.15) is 0 Å². The highest BCUT2D eigenvalue weighted by Gasteiger charge is 2.46. The zero-order valence-corrected chi connectivity index (χ0v) is 36.4. The van der Waals surface area contributed by atoms with E-state index in [1.54, 1.807) is 18.2 Å². The second-order valence-corrected chi connectivity index (χ2v) is 17.8. The Morgan fingerprint density at radius 2 is 1.56 bits per heavy atom. The molecule has 326 valence electrons. The Morgan fingerprint density at radius 1 is 0.869 bits per heavy atom. The lowest BCUT2D eigenvalue weighted by Gasteiger charge is -2.39. The van der Waals surface area contributed by atoms with E-state index in [-0.39, 0.29) is 50.3 Å². The minimum absolute atomic E-state index is 0.0973. The largest absolute Gasteiger partial charge is 0.497 e. The van der Waals surface area contributed by atoms with Crippen molar-refractivity contribution in [3.05, 3.63) is 120 Å². The van der Waals surface area contributed by atoms with Crippen LogP contribution in [-0.4, -0.2) is 90.5 Å². The Labute approximate surface area is 360 Å². The number of amides is 5. The Morgan fingerprint density at radius 3 is 2.21 bits per heavy atom. The molecule has 1 fully saturated rings. The molecule has 0 aliphatic carbocycles. The average molecular weight is 835 g/mol. The van der Waals surface area contributed by atoms with E-state index in [2.05, 4.69) is 26.3 Å². The topological polar surface area (TPSA) is 171 Å². The Balaban J connectivity index is 1.40. The van der Waals surface area contributed by atoms with Gasteiger partial charge in [-0.3, -0.25) is 14.6 Å². The van der Waals surface area contributed by atoms with Gasteiger partial charge in [0, 0.05) is 43.9 Å². The number of methoxy groups -OCH3 is 2. The molecule has 13 heteroatoms. The van der Waals surface area contributed by atoms with Crippen LogP contribution in [0.1, 0.15) is 64.2 Å². The number of rotatable bonds is 19. The van der Waals surface area contributed by atoms with Gasteiger partial charge in [-0.1, -0.05) is 107 Å². The van der Waals surface area contributed by atoms with Crippen LogP contribution < -0.4 is 26.0 Å². The number of benzene rings is 3. The zero-order chi connectivity index (χ0) is 44.2. The van der Waals surface area contributed by atoms with Crippen LogP contribution in [0.15, 0.2) is 103 Å². The smallest absolute Gasteiger partial charge is 0.406 e. The lowest BCUT2D eigenvalue weighted by Crippen LogP contribution is -2.56. The number of nitrogens with one attached hydrogen (secondary N) is 4. The van der Waals surface area contributed by atoms with Crippen molar-refractivity contribution >= 4 is 23.9 Å². The van der Waals surface area contributed by atoms with E-state index in [4.69, 9.17) is 9.47 Å². The van der Waals surface area contributed by atoms with Crippen molar-refractivity contribution in [1.82, 2.24) is 31.2 Å². The number of pyridine rings is 1. The van der Waals surface area contributed by atoms with E-state index in [1.807, 2.05) is 132 Å². The van der Waals surface area contributed by atoms with E-state index < -0.39 is 47.1 Å². The van der Waals surface area contributed by atoms with Crippen LogP contribution in [0.5, 0.6) is 5.75 Å². The molecule has 3 aromatic carbocycles. The Bertz CT molecular complexity index is 2060. The minimum atomic E-state index is -1.09. The Hall–Kier alpha value is -5.95. The van der Waals surface area contributed by atoms with Crippen LogP contribution in [0.2, 0.25) is 0 Å². The molecular weight excluding hydrogens is 773 g/mol. The summed E-state index contributed by atoms with van der Waals surface area (Å²) in [5.74, 6) is -0.511. The van der Waals surface area contributed by atoms with Gasteiger partial charge in [0.15, 0.2) is 0 Å². The van der Waals surface area contributed by atoms with Gasteiger partial charge in [-0.25, -0.2) is 9.59 Å². The van der Waals surface area contributed by atoms with Gasteiger partial charge in [0.05, 0.1) is 44.0 Å². The van der Waals surface area contributed by atoms with Crippen molar-refractivity contribution in [2.75, 3.05) is 27.3 Å². The van der Waals surface area contributed by atoms with Gasteiger partial charge in [0.1, 0.15) is 5.75 Å². The molecule has 5 N–H and O–H groups in total. The molecule has 0 saturated carbocycles. The molecule has 2 heterocycles. The fourth-order valence-electron chi connectivity index (χ4n) is 8.02. The highest BCUT2D eigenvalue weighted by Crippen LogP contribution is 2.35. The average Bonchev–Trinajstić information content (AvgIpc) is 3.57. The molecule has 1 aliphatic heterocycles. The molecule has 1 aliphatic rings. The second kappa shape index (κ2) is 21.0. The van der Waals surface area contributed by atoms with E-state index in [9.17, 15) is 24.3 Å². The standard InChI is InChI=1S/C48H62N6O7/c1-47(2,3)43(40-29-50-45(58)54(40)30-34-16-13-17-37(25-34)60-6)44(57)53-39(26-32-14-9-8-10-15-32)41(55)27-36(52-42(56)28-48(4,5)31-51-46(59)61-7)24-33-19-21-35(22-20-33)38-18-11-12-23-49-38/h8-23,25,36,39-41,43,55H,24,26-31H2,1-7H3,(H,50,58)(H,51,59)(H,52,56)(H,53,57). The molecule has 4 aromatic rings. The number of alkyl carbamates (subject to hydrolysis) is 1. The predicted octanol–water partition coefficient (Wildman–Crippen LogP) is 6.29. The fraction of sp³-hybridized carbons (Fsp3) is 0.438.